The number of hydrogen-bond acceptors (Lipinski definition) is 3. The number of aromatic nitrogens is 3. The SMILES string of the molecule is CCCCc1nc2cc(C)cnc2n1C(CC)(CC)C(=O)O. The molecule has 0 aliphatic heterocycles. The van der Waals surface area contributed by atoms with E-state index in [-0.39, 0.29) is 0 Å². The van der Waals surface area contributed by atoms with Crippen molar-refractivity contribution in [1.29, 1.82) is 0 Å². The number of unbranched alkanes of at least 4 members (excludes halogenated alkanes) is 1. The topological polar surface area (TPSA) is 68.0 Å². The minimum atomic E-state index is -0.972. The summed E-state index contributed by atoms with van der Waals surface area (Å²) in [5, 5.41) is 9.88. The molecule has 1 N–H and O–H groups in total. The first-order valence-electron chi connectivity index (χ1n) is 8.08. The highest BCUT2D eigenvalue weighted by Gasteiger charge is 2.40. The Labute approximate surface area is 131 Å². The van der Waals surface area contributed by atoms with E-state index in [1.807, 2.05) is 31.4 Å². The Balaban J connectivity index is 2.74. The van der Waals surface area contributed by atoms with Crippen LogP contribution in [0.1, 0.15) is 57.8 Å². The van der Waals surface area contributed by atoms with Gasteiger partial charge >= 0.3 is 5.97 Å². The first kappa shape index (κ1) is 16.5. The van der Waals surface area contributed by atoms with Crippen molar-refractivity contribution in [2.75, 3.05) is 0 Å². The van der Waals surface area contributed by atoms with Gasteiger partial charge in [0.25, 0.3) is 0 Å². The lowest BCUT2D eigenvalue weighted by atomic mass is 9.92. The van der Waals surface area contributed by atoms with Crippen molar-refractivity contribution in [2.45, 2.75) is 65.3 Å². The van der Waals surface area contributed by atoms with Crippen LogP contribution in [-0.4, -0.2) is 25.6 Å². The quantitative estimate of drug-likeness (QED) is 0.847. The fraction of sp³-hybridized carbons (Fsp3) is 0.588. The molecule has 0 spiro atoms. The summed E-state index contributed by atoms with van der Waals surface area (Å²) in [5.74, 6) is 0.0259. The molecule has 0 aliphatic rings. The highest BCUT2D eigenvalue weighted by atomic mass is 16.4. The van der Waals surface area contributed by atoms with Gasteiger partial charge in [-0.05, 0) is 37.8 Å². The van der Waals surface area contributed by atoms with Crippen molar-refractivity contribution in [3.8, 4) is 0 Å². The zero-order chi connectivity index (χ0) is 16.3. The van der Waals surface area contributed by atoms with E-state index in [2.05, 4.69) is 11.9 Å². The molecule has 0 radical (unpaired) electrons. The summed E-state index contributed by atoms with van der Waals surface area (Å²) in [6.45, 7) is 7.93. The van der Waals surface area contributed by atoms with E-state index in [4.69, 9.17) is 4.98 Å². The molecule has 5 nitrogen and oxygen atoms in total. The lowest BCUT2D eigenvalue weighted by molar-refractivity contribution is -0.148. The van der Waals surface area contributed by atoms with Crippen LogP contribution in [0.4, 0.5) is 0 Å². The lowest BCUT2D eigenvalue weighted by Gasteiger charge is -2.30. The highest BCUT2D eigenvalue weighted by molar-refractivity contribution is 5.81. The highest BCUT2D eigenvalue weighted by Crippen LogP contribution is 2.32. The van der Waals surface area contributed by atoms with Crippen LogP contribution < -0.4 is 0 Å². The molecule has 0 saturated heterocycles. The molecule has 0 saturated carbocycles. The van der Waals surface area contributed by atoms with Gasteiger partial charge in [-0.2, -0.15) is 0 Å². The monoisotopic (exact) mass is 303 g/mol. The van der Waals surface area contributed by atoms with Gasteiger partial charge in [-0.1, -0.05) is 27.2 Å². The fourth-order valence-electron chi connectivity index (χ4n) is 3.03. The van der Waals surface area contributed by atoms with Crippen molar-refractivity contribution in [2.24, 2.45) is 0 Å². The standard InChI is InChI=1S/C17H25N3O2/c1-5-8-9-14-19-13-10-12(4)11-18-15(13)20(14)17(6-2,7-3)16(21)22/h10-11H,5-9H2,1-4H3,(H,21,22). The van der Waals surface area contributed by atoms with Gasteiger partial charge in [-0.25, -0.2) is 14.8 Å². The average molecular weight is 303 g/mol. The van der Waals surface area contributed by atoms with Crippen LogP contribution in [-0.2, 0) is 16.8 Å². The second-order valence-corrected chi connectivity index (χ2v) is 5.87. The van der Waals surface area contributed by atoms with E-state index in [1.54, 1.807) is 6.20 Å². The normalized spacial score (nSPS) is 12.0. The summed E-state index contributed by atoms with van der Waals surface area (Å²) < 4.78 is 1.87. The molecule has 0 atom stereocenters. The Morgan fingerprint density at radius 1 is 1.32 bits per heavy atom. The smallest absolute Gasteiger partial charge is 0.329 e. The summed E-state index contributed by atoms with van der Waals surface area (Å²) in [6.07, 6.45) is 5.63. The minimum Gasteiger partial charge on any atom is -0.479 e. The third-order valence-electron chi connectivity index (χ3n) is 4.45. The third-order valence-corrected chi connectivity index (χ3v) is 4.45. The van der Waals surface area contributed by atoms with Gasteiger partial charge < -0.3 is 5.11 Å². The first-order chi connectivity index (χ1) is 10.5. The molecule has 22 heavy (non-hydrogen) atoms. The Hall–Kier alpha value is -1.91. The van der Waals surface area contributed by atoms with Gasteiger partial charge in [-0.15, -0.1) is 0 Å². The molecule has 0 fully saturated rings. The number of carbonyl (C=O) groups is 1. The minimum absolute atomic E-state index is 0.513. The summed E-state index contributed by atoms with van der Waals surface area (Å²) >= 11 is 0. The summed E-state index contributed by atoms with van der Waals surface area (Å²) in [7, 11) is 0. The summed E-state index contributed by atoms with van der Waals surface area (Å²) in [5.41, 5.74) is 1.54. The molecule has 0 bridgehead atoms. The van der Waals surface area contributed by atoms with Crippen molar-refractivity contribution in [3.63, 3.8) is 0 Å². The van der Waals surface area contributed by atoms with Gasteiger partial charge in [0.05, 0.1) is 0 Å². The van der Waals surface area contributed by atoms with E-state index < -0.39 is 11.5 Å². The predicted octanol–water partition coefficient (Wildman–Crippen LogP) is 3.68. The molecule has 0 aromatic carbocycles. The number of pyridine rings is 1. The van der Waals surface area contributed by atoms with Crippen molar-refractivity contribution >= 4 is 17.1 Å². The molecule has 2 aromatic heterocycles. The van der Waals surface area contributed by atoms with Crippen molar-refractivity contribution in [3.05, 3.63) is 23.7 Å². The maximum absolute atomic E-state index is 12.0. The second kappa shape index (κ2) is 6.46. The van der Waals surface area contributed by atoms with Crippen molar-refractivity contribution < 1.29 is 9.90 Å². The van der Waals surface area contributed by atoms with E-state index in [1.165, 1.54) is 0 Å². The molecule has 0 amide bonds. The number of aliphatic carboxylic acids is 1. The van der Waals surface area contributed by atoms with E-state index >= 15 is 0 Å². The zero-order valence-electron chi connectivity index (χ0n) is 13.9. The lowest BCUT2D eigenvalue weighted by Crippen LogP contribution is -2.42. The second-order valence-electron chi connectivity index (χ2n) is 5.87. The van der Waals surface area contributed by atoms with Crippen LogP contribution in [0.25, 0.3) is 11.2 Å². The Morgan fingerprint density at radius 3 is 2.55 bits per heavy atom. The Morgan fingerprint density at radius 2 is 2.00 bits per heavy atom. The number of hydrogen-bond donors (Lipinski definition) is 1. The summed E-state index contributed by atoms with van der Waals surface area (Å²) in [6, 6.07) is 1.98. The number of rotatable bonds is 7. The number of imidazole rings is 1. The molecular weight excluding hydrogens is 278 g/mol. The Kier molecular flexibility index (Phi) is 4.84. The van der Waals surface area contributed by atoms with E-state index in [0.29, 0.717) is 18.5 Å². The van der Waals surface area contributed by atoms with Crippen LogP contribution in [0.3, 0.4) is 0 Å². The number of carboxylic acids is 1. The van der Waals surface area contributed by atoms with Crippen LogP contribution in [0, 0.1) is 6.92 Å². The zero-order valence-corrected chi connectivity index (χ0v) is 13.9. The molecule has 0 aliphatic carbocycles. The maximum atomic E-state index is 12.0. The van der Waals surface area contributed by atoms with Crippen molar-refractivity contribution in [1.82, 2.24) is 14.5 Å². The number of fused-ring (bicyclic) bond motifs is 1. The first-order valence-corrected chi connectivity index (χ1v) is 8.08. The van der Waals surface area contributed by atoms with E-state index in [0.717, 1.165) is 36.2 Å². The van der Waals surface area contributed by atoms with Gasteiger partial charge in [0.1, 0.15) is 16.9 Å². The number of aryl methyl sites for hydroxylation is 2. The molecule has 2 heterocycles. The van der Waals surface area contributed by atoms with Crippen LogP contribution in [0.2, 0.25) is 0 Å². The van der Waals surface area contributed by atoms with Gasteiger partial charge in [0.15, 0.2) is 5.65 Å². The predicted molar refractivity (Wildman–Crippen MR) is 87.1 cm³/mol. The largest absolute Gasteiger partial charge is 0.479 e. The molecular formula is C17H25N3O2. The summed E-state index contributed by atoms with van der Waals surface area (Å²) in [4.78, 5) is 21.2. The average Bonchev–Trinajstić information content (AvgIpc) is 2.85. The molecule has 120 valence electrons. The van der Waals surface area contributed by atoms with Gasteiger partial charge in [0.2, 0.25) is 0 Å². The van der Waals surface area contributed by atoms with E-state index in [9.17, 15) is 9.90 Å². The van der Waals surface area contributed by atoms with Crippen LogP contribution in [0.15, 0.2) is 12.3 Å². The van der Waals surface area contributed by atoms with Gasteiger partial charge in [-0.3, -0.25) is 4.57 Å². The third kappa shape index (κ3) is 2.60. The van der Waals surface area contributed by atoms with Gasteiger partial charge in [0, 0.05) is 12.6 Å². The maximum Gasteiger partial charge on any atom is 0.329 e. The number of carboxylic acid groups (broad SMARTS) is 1. The molecule has 5 heteroatoms. The Bertz CT molecular complexity index is 672. The van der Waals surface area contributed by atoms with Crippen LogP contribution >= 0.6 is 0 Å². The van der Waals surface area contributed by atoms with Crippen LogP contribution in [0.5, 0.6) is 0 Å². The molecule has 0 unspecified atom stereocenters. The fourth-order valence-corrected chi connectivity index (χ4v) is 3.03. The number of nitrogens with zero attached hydrogens (tertiary/aromatic N) is 3. The molecule has 2 aromatic rings. The molecule has 2 rings (SSSR count).